The summed E-state index contributed by atoms with van der Waals surface area (Å²) in [7, 11) is 0. The van der Waals surface area contributed by atoms with Crippen molar-refractivity contribution in [1.29, 1.82) is 0 Å². The van der Waals surface area contributed by atoms with Crippen LogP contribution in [0.25, 0.3) is 0 Å². The number of hydrogen-bond donors (Lipinski definition) is 2. The van der Waals surface area contributed by atoms with Crippen LogP contribution >= 0.6 is 0 Å². The number of aryl methyl sites for hydroxylation is 1. The van der Waals surface area contributed by atoms with E-state index >= 15 is 0 Å². The third kappa shape index (κ3) is 5.12. The van der Waals surface area contributed by atoms with Crippen LogP contribution in [0.2, 0.25) is 0 Å². The monoisotopic (exact) mass is 327 g/mol. The lowest BCUT2D eigenvalue weighted by Crippen LogP contribution is -2.15. The number of para-hydroxylation sites is 1. The summed E-state index contributed by atoms with van der Waals surface area (Å²) in [5, 5.41) is 11.7. The molecule has 0 unspecified atom stereocenters. The Morgan fingerprint density at radius 2 is 1.79 bits per heavy atom. The molecule has 126 valence electrons. The summed E-state index contributed by atoms with van der Waals surface area (Å²) in [6.07, 6.45) is 1.80. The van der Waals surface area contributed by atoms with E-state index in [1.165, 1.54) is 11.6 Å². The molecule has 5 nitrogen and oxygen atoms in total. The van der Waals surface area contributed by atoms with Crippen LogP contribution in [0, 0.1) is 0 Å². The quantitative estimate of drug-likeness (QED) is 0.724. The molecule has 1 amide bonds. The molecule has 0 aliphatic carbocycles. The number of amides is 1. The Labute approximate surface area is 141 Å². The topological polar surface area (TPSA) is 75.6 Å². The Kier molecular flexibility index (Phi) is 6.37. The molecule has 0 aliphatic rings. The van der Waals surface area contributed by atoms with Gasteiger partial charge in [-0.3, -0.25) is 4.79 Å². The normalized spacial score (nSPS) is 10.2. The van der Waals surface area contributed by atoms with Crippen molar-refractivity contribution in [3.8, 4) is 5.75 Å². The minimum Gasteiger partial charge on any atom is -0.494 e. The molecule has 0 spiro atoms. The first kappa shape index (κ1) is 17.5. The largest absolute Gasteiger partial charge is 0.494 e. The number of carboxylic acids is 1. The van der Waals surface area contributed by atoms with Crippen LogP contribution in [-0.2, 0) is 11.2 Å². The first-order valence-electron chi connectivity index (χ1n) is 7.94. The van der Waals surface area contributed by atoms with Gasteiger partial charge in [0.25, 0.3) is 0 Å². The highest BCUT2D eigenvalue weighted by molar-refractivity contribution is 6.00. The predicted octanol–water partition coefficient (Wildman–Crippen LogP) is 3.74. The van der Waals surface area contributed by atoms with Gasteiger partial charge in [0.1, 0.15) is 5.75 Å². The number of carbonyl (C=O) groups excluding carboxylic acids is 1. The van der Waals surface area contributed by atoms with E-state index in [9.17, 15) is 9.59 Å². The highest BCUT2D eigenvalue weighted by atomic mass is 16.5. The molecule has 0 atom stereocenters. The molecule has 2 N–H and O–H groups in total. The summed E-state index contributed by atoms with van der Waals surface area (Å²) < 4.78 is 5.59. The second kappa shape index (κ2) is 8.72. The third-order valence-electron chi connectivity index (χ3n) is 3.58. The van der Waals surface area contributed by atoms with Crippen molar-refractivity contribution >= 4 is 17.6 Å². The van der Waals surface area contributed by atoms with Gasteiger partial charge < -0.3 is 15.2 Å². The molecule has 2 aromatic rings. The van der Waals surface area contributed by atoms with Gasteiger partial charge in [0, 0.05) is 6.42 Å². The Balaban J connectivity index is 1.76. The van der Waals surface area contributed by atoms with Crippen LogP contribution in [0.5, 0.6) is 5.75 Å². The fraction of sp³-hybridized carbons (Fsp3) is 0.263. The number of benzene rings is 2. The van der Waals surface area contributed by atoms with Crippen LogP contribution < -0.4 is 10.1 Å². The van der Waals surface area contributed by atoms with Crippen molar-refractivity contribution in [1.82, 2.24) is 0 Å². The third-order valence-corrected chi connectivity index (χ3v) is 3.58. The van der Waals surface area contributed by atoms with E-state index in [-0.39, 0.29) is 17.9 Å². The van der Waals surface area contributed by atoms with Crippen molar-refractivity contribution in [2.45, 2.75) is 26.2 Å². The van der Waals surface area contributed by atoms with Crippen molar-refractivity contribution in [2.24, 2.45) is 0 Å². The zero-order chi connectivity index (χ0) is 17.4. The molecule has 0 radical (unpaired) electrons. The summed E-state index contributed by atoms with van der Waals surface area (Å²) in [5.41, 5.74) is 1.64. The molecule has 0 aliphatic heterocycles. The molecule has 0 saturated heterocycles. The number of anilines is 1. The van der Waals surface area contributed by atoms with Gasteiger partial charge in [-0.1, -0.05) is 31.2 Å². The molecule has 2 rings (SSSR count). The molecule has 0 aromatic heterocycles. The van der Waals surface area contributed by atoms with Crippen molar-refractivity contribution < 1.29 is 19.4 Å². The van der Waals surface area contributed by atoms with E-state index in [1.807, 2.05) is 24.3 Å². The standard InChI is InChI=1S/C19H21NO4/c1-2-14-9-11-15(12-10-14)24-13-5-8-18(21)20-17-7-4-3-6-16(17)19(22)23/h3-4,6-7,9-12H,2,5,8,13H2,1H3,(H,20,21)(H,22,23). The Morgan fingerprint density at radius 3 is 2.46 bits per heavy atom. The molecule has 24 heavy (non-hydrogen) atoms. The van der Waals surface area contributed by atoms with E-state index in [0.717, 1.165) is 12.2 Å². The second-order valence-electron chi connectivity index (χ2n) is 5.35. The summed E-state index contributed by atoms with van der Waals surface area (Å²) >= 11 is 0. The zero-order valence-corrected chi connectivity index (χ0v) is 13.6. The van der Waals surface area contributed by atoms with Gasteiger partial charge in [-0.15, -0.1) is 0 Å². The summed E-state index contributed by atoms with van der Waals surface area (Å²) in [6, 6.07) is 14.2. The number of carboxylic acid groups (broad SMARTS) is 1. The SMILES string of the molecule is CCc1ccc(OCCCC(=O)Nc2ccccc2C(=O)O)cc1. The number of carbonyl (C=O) groups is 2. The lowest BCUT2D eigenvalue weighted by Gasteiger charge is -2.09. The molecule has 0 fully saturated rings. The number of hydrogen-bond acceptors (Lipinski definition) is 3. The Bertz CT molecular complexity index is 695. The number of rotatable bonds is 8. The maximum Gasteiger partial charge on any atom is 0.337 e. The molecule has 0 bridgehead atoms. The van der Waals surface area contributed by atoms with Gasteiger partial charge in [0.15, 0.2) is 0 Å². The highest BCUT2D eigenvalue weighted by Gasteiger charge is 2.11. The van der Waals surface area contributed by atoms with E-state index in [1.54, 1.807) is 18.2 Å². The summed E-state index contributed by atoms with van der Waals surface area (Å²) in [6.45, 7) is 2.52. The first-order chi connectivity index (χ1) is 11.6. The number of ether oxygens (including phenoxy) is 1. The molecule has 0 saturated carbocycles. The van der Waals surface area contributed by atoms with Crippen molar-refractivity contribution in [2.75, 3.05) is 11.9 Å². The Hall–Kier alpha value is -2.82. The van der Waals surface area contributed by atoms with Crippen LogP contribution in [0.15, 0.2) is 48.5 Å². The van der Waals surface area contributed by atoms with Crippen LogP contribution in [-0.4, -0.2) is 23.6 Å². The van der Waals surface area contributed by atoms with Gasteiger partial charge in [-0.25, -0.2) is 4.79 Å². The minimum absolute atomic E-state index is 0.0816. The molecular formula is C19H21NO4. The zero-order valence-electron chi connectivity index (χ0n) is 13.6. The summed E-state index contributed by atoms with van der Waals surface area (Å²) in [4.78, 5) is 23.0. The van der Waals surface area contributed by atoms with E-state index < -0.39 is 5.97 Å². The Morgan fingerprint density at radius 1 is 1.08 bits per heavy atom. The average molecular weight is 327 g/mol. The number of nitrogens with one attached hydrogen (secondary N) is 1. The van der Waals surface area contributed by atoms with E-state index in [0.29, 0.717) is 18.7 Å². The molecule has 0 heterocycles. The maximum atomic E-state index is 11.9. The molecular weight excluding hydrogens is 306 g/mol. The fourth-order valence-corrected chi connectivity index (χ4v) is 2.24. The lowest BCUT2D eigenvalue weighted by atomic mass is 10.1. The minimum atomic E-state index is -1.07. The molecule has 2 aromatic carbocycles. The van der Waals surface area contributed by atoms with Gasteiger partial charge in [0.2, 0.25) is 5.91 Å². The molecule has 5 heteroatoms. The number of aromatic carboxylic acids is 1. The predicted molar refractivity (Wildman–Crippen MR) is 92.6 cm³/mol. The lowest BCUT2D eigenvalue weighted by molar-refractivity contribution is -0.116. The second-order valence-corrected chi connectivity index (χ2v) is 5.35. The van der Waals surface area contributed by atoms with Crippen molar-refractivity contribution in [3.63, 3.8) is 0 Å². The van der Waals surface area contributed by atoms with Gasteiger partial charge >= 0.3 is 5.97 Å². The highest BCUT2D eigenvalue weighted by Crippen LogP contribution is 2.16. The fourth-order valence-electron chi connectivity index (χ4n) is 2.24. The van der Waals surface area contributed by atoms with E-state index in [2.05, 4.69) is 12.2 Å². The van der Waals surface area contributed by atoms with Crippen LogP contribution in [0.4, 0.5) is 5.69 Å². The van der Waals surface area contributed by atoms with Crippen molar-refractivity contribution in [3.05, 3.63) is 59.7 Å². The van der Waals surface area contributed by atoms with Gasteiger partial charge in [0.05, 0.1) is 17.9 Å². The summed E-state index contributed by atoms with van der Waals surface area (Å²) in [5.74, 6) is -0.512. The first-order valence-corrected chi connectivity index (χ1v) is 7.94. The maximum absolute atomic E-state index is 11.9. The van der Waals surface area contributed by atoms with Crippen LogP contribution in [0.3, 0.4) is 0 Å². The van der Waals surface area contributed by atoms with Crippen LogP contribution in [0.1, 0.15) is 35.7 Å². The smallest absolute Gasteiger partial charge is 0.337 e. The van der Waals surface area contributed by atoms with Gasteiger partial charge in [-0.05, 0) is 42.7 Å². The average Bonchev–Trinajstić information content (AvgIpc) is 2.59. The van der Waals surface area contributed by atoms with E-state index in [4.69, 9.17) is 9.84 Å². The van der Waals surface area contributed by atoms with Gasteiger partial charge in [-0.2, -0.15) is 0 Å².